The highest BCUT2D eigenvalue weighted by Crippen LogP contribution is 2.64. The smallest absolute Gasteiger partial charge is 0.351 e. The standard InChI is InChI=1S/C73H85NO27/c1-37-51(35-73(89)64(99-65(86)47-23-19-16-20-24-47)62-70(14,54(83)32-55-72(62,36-91-55)101-44(8)81)63(85)61(96-42(6)79)57(37)69(73,12)13)90-30-29-48(82)59(58(46-21-17-15-18-22-46)74-66(87)68(9,10)11)98-67(88)71(100-43(7)80)33-52(94-40(4)77)60(95-41(5)78)53(34-71)97-56(84)28-26-45-25-27-49(92-38(2)75)50(31-45)93-39(3)76/h15-28,31,51-55,58-62,64,83,89H,29-30,32-36H2,1-14H3,(H,74,87)/b28-26+/t51-,52+,53+,54-,55?,58?,59?,60+,61+,62?,64-,70+,71-,72-,73?/m0/s1. The van der Waals surface area contributed by atoms with Gasteiger partial charge in [0.2, 0.25) is 11.5 Å². The predicted octanol–water partition coefficient (Wildman–Crippen LogP) is 5.89. The molecule has 0 radical (unpaired) electrons. The van der Waals surface area contributed by atoms with E-state index in [0.717, 1.165) is 54.5 Å². The summed E-state index contributed by atoms with van der Waals surface area (Å²) >= 11 is 0. The average Bonchev–Trinajstić information content (AvgIpc) is 0.669. The first kappa shape index (κ1) is 77.2. The van der Waals surface area contributed by atoms with Gasteiger partial charge in [-0.3, -0.25) is 47.9 Å². The molecular formula is C73H85NO27. The molecule has 3 N–H and O–H groups in total. The lowest BCUT2D eigenvalue weighted by Gasteiger charge is -2.67. The van der Waals surface area contributed by atoms with E-state index < -0.39 is 216 Å². The van der Waals surface area contributed by atoms with Crippen LogP contribution in [0.5, 0.6) is 11.5 Å². The maximum atomic E-state index is 15.9. The molecule has 4 aliphatic carbocycles. The molecule has 3 aromatic rings. The number of fused-ring (bicyclic) bond motifs is 5. The molecule has 5 unspecified atom stereocenters. The number of ether oxygens (including phenoxy) is 12. The summed E-state index contributed by atoms with van der Waals surface area (Å²) in [5.74, 6) is -14.8. The zero-order chi connectivity index (χ0) is 74.6. The van der Waals surface area contributed by atoms with Crippen LogP contribution >= 0.6 is 0 Å². The van der Waals surface area contributed by atoms with Crippen molar-refractivity contribution in [1.29, 1.82) is 0 Å². The molecule has 1 aliphatic heterocycles. The predicted molar refractivity (Wildman–Crippen MR) is 348 cm³/mol. The van der Waals surface area contributed by atoms with Crippen molar-refractivity contribution in [2.24, 2.45) is 22.2 Å². The topological polar surface area (TPSA) is 385 Å². The fourth-order valence-electron chi connectivity index (χ4n) is 14.4. The summed E-state index contributed by atoms with van der Waals surface area (Å²) in [5.41, 5.74) is -11.6. The van der Waals surface area contributed by atoms with Crippen LogP contribution in [0.15, 0.2) is 96.1 Å². The molecule has 28 heteroatoms. The molecule has 0 aromatic heterocycles. The van der Waals surface area contributed by atoms with Gasteiger partial charge in [0.15, 0.2) is 47.0 Å². The van der Waals surface area contributed by atoms with Gasteiger partial charge < -0.3 is 72.4 Å². The van der Waals surface area contributed by atoms with Crippen molar-refractivity contribution in [3.05, 3.63) is 113 Å². The minimum Gasteiger partial charge on any atom is -0.458 e. The summed E-state index contributed by atoms with van der Waals surface area (Å²) in [5, 5.41) is 29.3. The second-order valence-electron chi connectivity index (χ2n) is 27.7. The third kappa shape index (κ3) is 16.3. The number of hydrogen-bond acceptors (Lipinski definition) is 27. The molecule has 3 aromatic carbocycles. The van der Waals surface area contributed by atoms with E-state index in [1.54, 1.807) is 57.2 Å². The number of rotatable bonds is 22. The summed E-state index contributed by atoms with van der Waals surface area (Å²) in [6.45, 7) is 16.9. The van der Waals surface area contributed by atoms with Gasteiger partial charge in [-0.15, -0.1) is 0 Å². The van der Waals surface area contributed by atoms with Crippen LogP contribution in [0.4, 0.5) is 0 Å². The lowest BCUT2D eigenvalue weighted by molar-refractivity contribution is -0.346. The summed E-state index contributed by atoms with van der Waals surface area (Å²) in [4.78, 5) is 180. The van der Waals surface area contributed by atoms with Crippen molar-refractivity contribution < 1.29 is 129 Å². The van der Waals surface area contributed by atoms with Crippen LogP contribution < -0.4 is 14.8 Å². The van der Waals surface area contributed by atoms with Crippen LogP contribution in [0.1, 0.15) is 157 Å². The Bertz CT molecular complexity index is 3830. The summed E-state index contributed by atoms with van der Waals surface area (Å²) in [6, 6.07) is 17.8. The quantitative estimate of drug-likeness (QED) is 0.0347. The summed E-state index contributed by atoms with van der Waals surface area (Å²) in [6.07, 6.45) is -16.8. The molecule has 1 heterocycles. The van der Waals surface area contributed by atoms with Gasteiger partial charge in [0.1, 0.15) is 30.0 Å². The Morgan fingerprint density at radius 2 is 1.28 bits per heavy atom. The number of carbonyl (C=O) groups excluding carboxylic acids is 13. The van der Waals surface area contributed by atoms with Crippen LogP contribution in [0, 0.1) is 22.2 Å². The lowest BCUT2D eigenvalue weighted by atomic mass is 9.44. The fourth-order valence-corrected chi connectivity index (χ4v) is 14.4. The van der Waals surface area contributed by atoms with E-state index in [2.05, 4.69) is 5.32 Å². The SMILES string of the molecule is CC(=O)Oc1ccc(/C=C/C(=O)O[C@@H]2C[C@](OC(C)=O)(C(=O)OC(C(=O)CCO[C@H]3CC4(O)[C@@H](OC(=O)c5ccccc5)C5[C@]6(OC(C)=O)COC6C[C@H](O)[C@@]5(C)C(=O)[C@H](OC(C)=O)C(=C3C)C4(C)C)C(NC(=O)C(C)(C)C)c3ccccc3)C[C@@H](OC(C)=O)[C@H]2OC(C)=O)cc1OC(C)=O. The van der Waals surface area contributed by atoms with Gasteiger partial charge in [0.05, 0.1) is 48.4 Å². The molecule has 101 heavy (non-hydrogen) atoms. The Morgan fingerprint density at radius 1 is 0.693 bits per heavy atom. The van der Waals surface area contributed by atoms with Gasteiger partial charge in [0.25, 0.3) is 0 Å². The van der Waals surface area contributed by atoms with Gasteiger partial charge in [-0.25, -0.2) is 14.4 Å². The number of amides is 1. The molecule has 3 saturated carbocycles. The third-order valence-corrected chi connectivity index (χ3v) is 19.1. The molecule has 15 atom stereocenters. The third-order valence-electron chi connectivity index (χ3n) is 19.1. The van der Waals surface area contributed by atoms with Crippen molar-refractivity contribution in [2.75, 3.05) is 13.2 Å². The number of carbonyl (C=O) groups is 13. The Hall–Kier alpha value is -9.51. The summed E-state index contributed by atoms with van der Waals surface area (Å²) in [7, 11) is 0. The number of hydrogen-bond donors (Lipinski definition) is 3. The molecule has 4 fully saturated rings. The molecule has 1 saturated heterocycles. The maximum absolute atomic E-state index is 15.9. The van der Waals surface area contributed by atoms with Crippen molar-refractivity contribution in [1.82, 2.24) is 5.32 Å². The zero-order valence-electron chi connectivity index (χ0n) is 58.6. The van der Waals surface area contributed by atoms with Crippen molar-refractivity contribution in [3.63, 3.8) is 0 Å². The number of aliphatic hydroxyl groups excluding tert-OH is 1. The van der Waals surface area contributed by atoms with Crippen LogP contribution in [0.2, 0.25) is 0 Å². The Balaban J connectivity index is 1.21. The van der Waals surface area contributed by atoms with Crippen molar-refractivity contribution in [3.8, 4) is 11.5 Å². The minimum atomic E-state index is -2.71. The van der Waals surface area contributed by atoms with E-state index >= 15 is 14.4 Å². The highest BCUT2D eigenvalue weighted by atomic mass is 16.7. The van der Waals surface area contributed by atoms with Gasteiger partial charge in [0, 0.05) is 97.5 Å². The fraction of sp³-hybridized carbons (Fsp3) is 0.521. The number of Topliss-reactive ketones (excluding diaryl/α,β-unsaturated/α-hetero) is 2. The van der Waals surface area contributed by atoms with Crippen LogP contribution in [0.3, 0.4) is 0 Å². The number of benzene rings is 3. The monoisotopic (exact) mass is 1410 g/mol. The van der Waals surface area contributed by atoms with Crippen LogP contribution in [-0.2, 0) is 105 Å². The molecule has 5 aliphatic rings. The minimum absolute atomic E-state index is 0.00434. The Labute approximate surface area is 582 Å². The molecule has 8 rings (SSSR count). The van der Waals surface area contributed by atoms with E-state index in [1.165, 1.54) is 76.2 Å². The summed E-state index contributed by atoms with van der Waals surface area (Å²) < 4.78 is 70.9. The van der Waals surface area contributed by atoms with E-state index in [-0.39, 0.29) is 45.8 Å². The van der Waals surface area contributed by atoms with Gasteiger partial charge in [-0.05, 0) is 66.5 Å². The van der Waals surface area contributed by atoms with E-state index in [9.17, 15) is 58.2 Å². The Morgan fingerprint density at radius 3 is 1.83 bits per heavy atom. The number of nitrogens with one attached hydrogen (secondary N) is 1. The molecule has 2 bridgehead atoms. The Kier molecular flexibility index (Phi) is 23.2. The van der Waals surface area contributed by atoms with Crippen molar-refractivity contribution >= 4 is 83.2 Å². The molecule has 1 amide bonds. The number of ketones is 2. The van der Waals surface area contributed by atoms with Crippen LogP contribution in [0.25, 0.3) is 6.08 Å². The first-order valence-corrected chi connectivity index (χ1v) is 32.7. The largest absolute Gasteiger partial charge is 0.458 e. The molecular weight excluding hydrogens is 1320 g/mol. The molecule has 0 spiro atoms. The van der Waals surface area contributed by atoms with Crippen LogP contribution in [-0.4, -0.2) is 172 Å². The zero-order valence-corrected chi connectivity index (χ0v) is 58.6. The normalized spacial score (nSPS) is 28.6. The number of aliphatic hydroxyl groups is 2. The van der Waals surface area contributed by atoms with Gasteiger partial charge in [-0.2, -0.15) is 0 Å². The molecule has 544 valence electrons. The van der Waals surface area contributed by atoms with Gasteiger partial charge >= 0.3 is 59.7 Å². The number of esters is 10. The lowest BCUT2D eigenvalue weighted by Crippen LogP contribution is -2.82. The highest BCUT2D eigenvalue weighted by Gasteiger charge is 2.78. The highest BCUT2D eigenvalue weighted by molar-refractivity contribution is 5.96. The van der Waals surface area contributed by atoms with E-state index in [0.29, 0.717) is 0 Å². The second-order valence-corrected chi connectivity index (χ2v) is 27.7. The molecule has 28 nitrogen and oxygen atoms in total. The average molecular weight is 1410 g/mol. The maximum Gasteiger partial charge on any atom is 0.351 e. The van der Waals surface area contributed by atoms with Gasteiger partial charge in [-0.1, -0.05) is 89.2 Å². The second kappa shape index (κ2) is 30.4. The van der Waals surface area contributed by atoms with Crippen molar-refractivity contribution in [2.45, 2.75) is 207 Å². The first-order valence-electron chi connectivity index (χ1n) is 32.7. The van der Waals surface area contributed by atoms with E-state index in [4.69, 9.17) is 56.8 Å². The first-order chi connectivity index (χ1) is 47.2. The van der Waals surface area contributed by atoms with E-state index in [1.807, 2.05) is 0 Å².